The number of imidazole rings is 1. The van der Waals surface area contributed by atoms with Crippen LogP contribution in [0.25, 0.3) is 21.8 Å². The number of amides is 1. The van der Waals surface area contributed by atoms with Gasteiger partial charge in [-0.2, -0.15) is 0 Å². The van der Waals surface area contributed by atoms with Crippen LogP contribution in [0.15, 0.2) is 79.4 Å². The second kappa shape index (κ2) is 7.21. The van der Waals surface area contributed by atoms with Crippen LogP contribution in [-0.4, -0.2) is 33.4 Å². The third kappa shape index (κ3) is 3.11. The number of aromatic nitrogens is 2. The van der Waals surface area contributed by atoms with Gasteiger partial charge in [-0.3, -0.25) is 4.79 Å². The number of carbonyl (C=O) groups is 1. The van der Waals surface area contributed by atoms with Crippen LogP contribution >= 0.6 is 0 Å². The lowest BCUT2D eigenvalue weighted by molar-refractivity contribution is -0.127. The van der Waals surface area contributed by atoms with Gasteiger partial charge in [0.2, 0.25) is 5.91 Å². The van der Waals surface area contributed by atoms with Gasteiger partial charge in [0.1, 0.15) is 5.82 Å². The van der Waals surface area contributed by atoms with E-state index in [-0.39, 0.29) is 11.8 Å². The molecule has 0 unspecified atom stereocenters. The molecular weight excluding hydrogens is 358 g/mol. The molecule has 0 aliphatic carbocycles. The van der Waals surface area contributed by atoms with Gasteiger partial charge < -0.3 is 9.47 Å². The molecule has 1 aliphatic rings. The topological polar surface area (TPSA) is 38.1 Å². The van der Waals surface area contributed by atoms with E-state index in [1.165, 1.54) is 16.3 Å². The van der Waals surface area contributed by atoms with Gasteiger partial charge in [0.25, 0.3) is 0 Å². The Morgan fingerprint density at radius 1 is 1.03 bits per heavy atom. The van der Waals surface area contributed by atoms with E-state index in [9.17, 15) is 4.79 Å². The van der Waals surface area contributed by atoms with Crippen LogP contribution in [0.5, 0.6) is 0 Å². The first-order valence-corrected chi connectivity index (χ1v) is 10.0. The maximum absolute atomic E-state index is 12.4. The number of hydrogen-bond donors (Lipinski definition) is 0. The second-order valence-electron chi connectivity index (χ2n) is 7.67. The highest BCUT2D eigenvalue weighted by molar-refractivity contribution is 5.86. The van der Waals surface area contributed by atoms with Crippen molar-refractivity contribution in [2.45, 2.75) is 18.9 Å². The Labute approximate surface area is 170 Å². The first-order chi connectivity index (χ1) is 14.2. The van der Waals surface area contributed by atoms with Crippen LogP contribution < -0.4 is 0 Å². The Morgan fingerprint density at radius 3 is 2.72 bits per heavy atom. The van der Waals surface area contributed by atoms with E-state index < -0.39 is 0 Å². The van der Waals surface area contributed by atoms with Crippen LogP contribution in [-0.2, 0) is 11.3 Å². The molecule has 0 bridgehead atoms. The molecule has 3 aromatic carbocycles. The molecule has 0 radical (unpaired) electrons. The van der Waals surface area contributed by atoms with Gasteiger partial charge in [-0.15, -0.1) is 6.58 Å². The molecule has 1 aromatic heterocycles. The van der Waals surface area contributed by atoms with E-state index in [1.807, 2.05) is 11.0 Å². The molecule has 1 amide bonds. The van der Waals surface area contributed by atoms with Crippen molar-refractivity contribution < 1.29 is 4.79 Å². The normalized spacial score (nSPS) is 16.8. The summed E-state index contributed by atoms with van der Waals surface area (Å²) in [6.45, 7) is 5.81. The Balaban J connectivity index is 1.60. The van der Waals surface area contributed by atoms with Crippen molar-refractivity contribution in [2.24, 2.45) is 0 Å². The first kappa shape index (κ1) is 17.7. The maximum atomic E-state index is 12.4. The number of likely N-dealkylation sites (tertiary alicyclic amines) is 1. The fraction of sp³-hybridized carbons (Fsp3) is 0.200. The molecule has 0 saturated carbocycles. The first-order valence-electron chi connectivity index (χ1n) is 10.0. The molecular formula is C25H23N3O. The highest BCUT2D eigenvalue weighted by Gasteiger charge is 2.33. The highest BCUT2D eigenvalue weighted by atomic mass is 16.2. The summed E-state index contributed by atoms with van der Waals surface area (Å²) in [5.74, 6) is 1.28. The monoisotopic (exact) mass is 381 g/mol. The number of para-hydroxylation sites is 2. The zero-order valence-corrected chi connectivity index (χ0v) is 16.3. The standard InChI is InChI=1S/C25H23N3O/c1-2-14-27-16-20(15-24(27)29)25-26-22-12-5-6-13-23(22)28(25)17-19-10-7-9-18-8-3-4-11-21(18)19/h2-13,20H,1,14-17H2/t20-/m0/s1. The van der Waals surface area contributed by atoms with E-state index >= 15 is 0 Å². The van der Waals surface area contributed by atoms with Gasteiger partial charge in [0.05, 0.1) is 11.0 Å². The summed E-state index contributed by atoms with van der Waals surface area (Å²) >= 11 is 0. The summed E-state index contributed by atoms with van der Waals surface area (Å²) in [6.07, 6.45) is 2.30. The zero-order valence-electron chi connectivity index (χ0n) is 16.3. The van der Waals surface area contributed by atoms with Crippen molar-refractivity contribution in [3.8, 4) is 0 Å². The van der Waals surface area contributed by atoms with Crippen molar-refractivity contribution in [1.82, 2.24) is 14.5 Å². The van der Waals surface area contributed by atoms with Crippen LogP contribution in [0.2, 0.25) is 0 Å². The summed E-state index contributed by atoms with van der Waals surface area (Å²) < 4.78 is 2.30. The molecule has 4 heteroatoms. The summed E-state index contributed by atoms with van der Waals surface area (Å²) in [5.41, 5.74) is 3.36. The number of fused-ring (bicyclic) bond motifs is 2. The Bertz CT molecular complexity index is 1220. The number of rotatable bonds is 5. The van der Waals surface area contributed by atoms with Gasteiger partial charge >= 0.3 is 0 Å². The van der Waals surface area contributed by atoms with Gasteiger partial charge in [0.15, 0.2) is 0 Å². The molecule has 29 heavy (non-hydrogen) atoms. The van der Waals surface area contributed by atoms with Gasteiger partial charge in [0, 0.05) is 32.0 Å². The van der Waals surface area contributed by atoms with Gasteiger partial charge in [-0.1, -0.05) is 60.7 Å². The SMILES string of the molecule is C=CCN1C[C@@H](c2nc3ccccc3n2Cc2cccc3ccccc23)CC1=O. The van der Waals surface area contributed by atoms with Crippen molar-refractivity contribution in [1.29, 1.82) is 0 Å². The minimum atomic E-state index is 0.102. The van der Waals surface area contributed by atoms with Crippen molar-refractivity contribution >= 4 is 27.7 Å². The number of carbonyl (C=O) groups excluding carboxylic acids is 1. The minimum absolute atomic E-state index is 0.102. The third-order valence-electron chi connectivity index (χ3n) is 5.82. The number of nitrogens with zero attached hydrogens (tertiary/aromatic N) is 3. The predicted molar refractivity (Wildman–Crippen MR) is 117 cm³/mol. The van der Waals surface area contributed by atoms with Crippen molar-refractivity contribution in [2.75, 3.05) is 13.1 Å². The van der Waals surface area contributed by atoms with Gasteiger partial charge in [-0.05, 0) is 28.5 Å². The van der Waals surface area contributed by atoms with Crippen LogP contribution in [0.3, 0.4) is 0 Å². The highest BCUT2D eigenvalue weighted by Crippen LogP contribution is 2.31. The van der Waals surface area contributed by atoms with E-state index in [2.05, 4.69) is 71.8 Å². The van der Waals surface area contributed by atoms with E-state index in [0.29, 0.717) is 19.5 Å². The summed E-state index contributed by atoms with van der Waals surface area (Å²) in [4.78, 5) is 19.3. The minimum Gasteiger partial charge on any atom is -0.338 e. The van der Waals surface area contributed by atoms with Crippen LogP contribution in [0, 0.1) is 0 Å². The Hall–Kier alpha value is -3.40. The quantitative estimate of drug-likeness (QED) is 0.468. The van der Waals surface area contributed by atoms with Crippen LogP contribution in [0.1, 0.15) is 23.7 Å². The maximum Gasteiger partial charge on any atom is 0.223 e. The molecule has 0 spiro atoms. The lowest BCUT2D eigenvalue weighted by Crippen LogP contribution is -2.25. The van der Waals surface area contributed by atoms with Crippen LogP contribution in [0.4, 0.5) is 0 Å². The molecule has 1 fully saturated rings. The summed E-state index contributed by atoms with van der Waals surface area (Å²) in [6, 6.07) is 23.2. The fourth-order valence-electron chi connectivity index (χ4n) is 4.45. The molecule has 5 rings (SSSR count). The molecule has 0 N–H and O–H groups in total. The molecule has 2 heterocycles. The smallest absolute Gasteiger partial charge is 0.223 e. The predicted octanol–water partition coefficient (Wildman–Crippen LogP) is 4.74. The van der Waals surface area contributed by atoms with Crippen molar-refractivity contribution in [3.63, 3.8) is 0 Å². The Morgan fingerprint density at radius 2 is 1.83 bits per heavy atom. The number of hydrogen-bond acceptors (Lipinski definition) is 2. The average Bonchev–Trinajstić information content (AvgIpc) is 3.29. The fourth-order valence-corrected chi connectivity index (χ4v) is 4.45. The molecule has 1 atom stereocenters. The third-order valence-corrected chi connectivity index (χ3v) is 5.82. The zero-order chi connectivity index (χ0) is 19.8. The molecule has 4 aromatic rings. The molecule has 144 valence electrons. The average molecular weight is 381 g/mol. The molecule has 1 aliphatic heterocycles. The summed E-state index contributed by atoms with van der Waals surface area (Å²) in [5, 5.41) is 2.50. The van der Waals surface area contributed by atoms with E-state index in [4.69, 9.17) is 4.98 Å². The Kier molecular flexibility index (Phi) is 4.39. The number of benzene rings is 3. The van der Waals surface area contributed by atoms with Crippen molar-refractivity contribution in [3.05, 3.63) is 90.8 Å². The lowest BCUT2D eigenvalue weighted by atomic mass is 10.0. The lowest BCUT2D eigenvalue weighted by Gasteiger charge is -2.16. The summed E-state index contributed by atoms with van der Waals surface area (Å²) in [7, 11) is 0. The molecule has 4 nitrogen and oxygen atoms in total. The largest absolute Gasteiger partial charge is 0.338 e. The van der Waals surface area contributed by atoms with E-state index in [1.54, 1.807) is 6.08 Å². The van der Waals surface area contributed by atoms with Gasteiger partial charge in [-0.25, -0.2) is 4.98 Å². The second-order valence-corrected chi connectivity index (χ2v) is 7.67. The van der Waals surface area contributed by atoms with E-state index in [0.717, 1.165) is 23.4 Å². The molecule has 1 saturated heterocycles.